The summed E-state index contributed by atoms with van der Waals surface area (Å²) in [6.07, 6.45) is 3.82. The highest BCUT2D eigenvalue weighted by molar-refractivity contribution is 5.16. The Hall–Kier alpha value is -0.780. The second-order valence-electron chi connectivity index (χ2n) is 7.07. The molecule has 3 atom stereocenters. The Kier molecular flexibility index (Phi) is 6.10. The first-order chi connectivity index (χ1) is 8.89. The third-order valence-electron chi connectivity index (χ3n) is 5.06. The number of benzene rings is 1. The van der Waals surface area contributed by atoms with Crippen molar-refractivity contribution in [3.63, 3.8) is 0 Å². The van der Waals surface area contributed by atoms with Gasteiger partial charge in [0.1, 0.15) is 0 Å². The van der Waals surface area contributed by atoms with Gasteiger partial charge in [-0.2, -0.15) is 0 Å². The molecule has 0 heteroatoms. The number of rotatable bonds is 7. The monoisotopic (exact) mass is 260 g/mol. The van der Waals surface area contributed by atoms with Gasteiger partial charge >= 0.3 is 0 Å². The summed E-state index contributed by atoms with van der Waals surface area (Å²) in [6.45, 7) is 14.4. The third kappa shape index (κ3) is 4.67. The van der Waals surface area contributed by atoms with Gasteiger partial charge in [-0.3, -0.25) is 0 Å². The zero-order valence-corrected chi connectivity index (χ0v) is 13.7. The van der Waals surface area contributed by atoms with Crippen LogP contribution in [-0.2, 0) is 6.42 Å². The zero-order valence-electron chi connectivity index (χ0n) is 13.7. The van der Waals surface area contributed by atoms with Crippen LogP contribution >= 0.6 is 0 Å². The molecule has 0 aliphatic carbocycles. The van der Waals surface area contributed by atoms with Crippen molar-refractivity contribution in [2.24, 2.45) is 23.2 Å². The molecule has 19 heavy (non-hydrogen) atoms. The maximum atomic E-state index is 2.50. The second kappa shape index (κ2) is 7.12. The molecule has 0 nitrogen and oxygen atoms in total. The van der Waals surface area contributed by atoms with E-state index in [0.717, 1.165) is 17.8 Å². The van der Waals surface area contributed by atoms with Crippen LogP contribution in [0.2, 0.25) is 0 Å². The van der Waals surface area contributed by atoms with E-state index in [9.17, 15) is 0 Å². The van der Waals surface area contributed by atoms with E-state index in [2.05, 4.69) is 71.9 Å². The van der Waals surface area contributed by atoms with Gasteiger partial charge in [-0.15, -0.1) is 0 Å². The summed E-state index contributed by atoms with van der Waals surface area (Å²) < 4.78 is 0. The summed E-state index contributed by atoms with van der Waals surface area (Å²) in [7, 11) is 0. The molecule has 0 N–H and O–H groups in total. The van der Waals surface area contributed by atoms with Crippen LogP contribution in [0.25, 0.3) is 0 Å². The van der Waals surface area contributed by atoms with Crippen molar-refractivity contribution in [3.05, 3.63) is 35.9 Å². The Labute approximate surface area is 120 Å². The molecule has 1 aromatic rings. The van der Waals surface area contributed by atoms with Gasteiger partial charge in [-0.25, -0.2) is 0 Å². The molecule has 3 unspecified atom stereocenters. The summed E-state index contributed by atoms with van der Waals surface area (Å²) in [5, 5.41) is 0. The van der Waals surface area contributed by atoms with Crippen molar-refractivity contribution in [1.82, 2.24) is 0 Å². The molecule has 1 aromatic carbocycles. The van der Waals surface area contributed by atoms with Gasteiger partial charge in [0.05, 0.1) is 0 Å². The summed E-state index contributed by atoms with van der Waals surface area (Å²) in [5.41, 5.74) is 1.89. The van der Waals surface area contributed by atoms with E-state index in [1.807, 2.05) is 0 Å². The highest BCUT2D eigenvalue weighted by atomic mass is 14.4. The predicted octanol–water partition coefficient (Wildman–Crippen LogP) is 5.96. The van der Waals surface area contributed by atoms with Crippen LogP contribution in [0, 0.1) is 23.2 Å². The van der Waals surface area contributed by atoms with Gasteiger partial charge in [0, 0.05) is 0 Å². The summed E-state index contributed by atoms with van der Waals surface area (Å²) >= 11 is 0. The Bertz CT molecular complexity index is 352. The molecule has 0 spiro atoms. The maximum Gasteiger partial charge on any atom is -0.0222 e. The molecule has 1 rings (SSSR count). The fourth-order valence-corrected chi connectivity index (χ4v) is 3.23. The zero-order chi connectivity index (χ0) is 14.5. The molecule has 0 fully saturated rings. The Morgan fingerprint density at radius 2 is 1.58 bits per heavy atom. The van der Waals surface area contributed by atoms with Gasteiger partial charge in [0.2, 0.25) is 0 Å². The first-order valence-electron chi connectivity index (χ1n) is 7.93. The van der Waals surface area contributed by atoms with E-state index in [0.29, 0.717) is 5.41 Å². The molecule has 0 radical (unpaired) electrons. The average Bonchev–Trinajstić information content (AvgIpc) is 2.38. The van der Waals surface area contributed by atoms with Crippen LogP contribution in [-0.4, -0.2) is 0 Å². The number of hydrogen-bond acceptors (Lipinski definition) is 0. The van der Waals surface area contributed by atoms with E-state index in [1.165, 1.54) is 24.8 Å². The molecule has 0 heterocycles. The van der Waals surface area contributed by atoms with E-state index in [1.54, 1.807) is 0 Å². The topological polar surface area (TPSA) is 0 Å². The minimum atomic E-state index is 0.408. The standard InChI is InChI=1S/C19H32/c1-7-16(4)13-19(6,17(5)15(2)3)14-18-11-9-8-10-12-18/h8-12,15-17H,7,13-14H2,1-6H3. The lowest BCUT2D eigenvalue weighted by atomic mass is 9.65. The molecule has 0 amide bonds. The van der Waals surface area contributed by atoms with E-state index >= 15 is 0 Å². The first kappa shape index (κ1) is 16.3. The largest absolute Gasteiger partial charge is 0.0651 e. The molecule has 0 saturated heterocycles. The summed E-state index contributed by atoms with van der Waals surface area (Å²) in [6, 6.07) is 11.0. The lowest BCUT2D eigenvalue weighted by Gasteiger charge is -2.40. The van der Waals surface area contributed by atoms with E-state index < -0.39 is 0 Å². The smallest absolute Gasteiger partial charge is 0.0222 e. The highest BCUT2D eigenvalue weighted by Crippen LogP contribution is 2.41. The molecule has 108 valence electrons. The van der Waals surface area contributed by atoms with Crippen molar-refractivity contribution in [2.45, 2.75) is 60.8 Å². The number of hydrogen-bond donors (Lipinski definition) is 0. The molecular weight excluding hydrogens is 228 g/mol. The molecule has 0 saturated carbocycles. The van der Waals surface area contributed by atoms with Crippen LogP contribution in [0.4, 0.5) is 0 Å². The Balaban J connectivity index is 2.91. The third-order valence-corrected chi connectivity index (χ3v) is 5.06. The van der Waals surface area contributed by atoms with Gasteiger partial charge in [-0.05, 0) is 41.6 Å². The van der Waals surface area contributed by atoms with E-state index in [-0.39, 0.29) is 0 Å². The van der Waals surface area contributed by atoms with E-state index in [4.69, 9.17) is 0 Å². The fourth-order valence-electron chi connectivity index (χ4n) is 3.23. The normalized spacial score (nSPS) is 18.1. The molecule has 0 aliphatic heterocycles. The highest BCUT2D eigenvalue weighted by Gasteiger charge is 2.34. The molecule has 0 bridgehead atoms. The summed E-state index contributed by atoms with van der Waals surface area (Å²) in [4.78, 5) is 0. The predicted molar refractivity (Wildman–Crippen MR) is 86.3 cm³/mol. The van der Waals surface area contributed by atoms with Crippen LogP contribution in [0.3, 0.4) is 0 Å². The maximum absolute atomic E-state index is 2.50. The SMILES string of the molecule is CCC(C)CC(C)(Cc1ccccc1)C(C)C(C)C. The van der Waals surface area contributed by atoms with Gasteiger partial charge in [-0.1, -0.05) is 78.3 Å². The second-order valence-corrected chi connectivity index (χ2v) is 7.07. The van der Waals surface area contributed by atoms with Crippen molar-refractivity contribution in [2.75, 3.05) is 0 Å². The van der Waals surface area contributed by atoms with Crippen molar-refractivity contribution < 1.29 is 0 Å². The Morgan fingerprint density at radius 1 is 1.00 bits per heavy atom. The first-order valence-corrected chi connectivity index (χ1v) is 7.93. The van der Waals surface area contributed by atoms with Gasteiger partial charge in [0.25, 0.3) is 0 Å². The van der Waals surface area contributed by atoms with Crippen molar-refractivity contribution in [3.8, 4) is 0 Å². The van der Waals surface area contributed by atoms with Crippen LogP contribution in [0.5, 0.6) is 0 Å². The molecular formula is C19H32. The van der Waals surface area contributed by atoms with Crippen LogP contribution < -0.4 is 0 Å². The minimum absolute atomic E-state index is 0.408. The quantitative estimate of drug-likeness (QED) is 0.567. The van der Waals surface area contributed by atoms with Crippen LogP contribution in [0.15, 0.2) is 30.3 Å². The van der Waals surface area contributed by atoms with Crippen LogP contribution in [0.1, 0.15) is 59.9 Å². The van der Waals surface area contributed by atoms with Crippen molar-refractivity contribution in [1.29, 1.82) is 0 Å². The lowest BCUT2D eigenvalue weighted by molar-refractivity contribution is 0.114. The Morgan fingerprint density at radius 3 is 2.05 bits per heavy atom. The minimum Gasteiger partial charge on any atom is -0.0651 e. The molecule has 0 aromatic heterocycles. The van der Waals surface area contributed by atoms with Crippen molar-refractivity contribution >= 4 is 0 Å². The van der Waals surface area contributed by atoms with Gasteiger partial charge in [0.15, 0.2) is 0 Å². The molecule has 0 aliphatic rings. The lowest BCUT2D eigenvalue weighted by Crippen LogP contribution is -2.33. The van der Waals surface area contributed by atoms with Gasteiger partial charge < -0.3 is 0 Å². The fraction of sp³-hybridized carbons (Fsp3) is 0.684. The average molecular weight is 260 g/mol. The summed E-state index contributed by atoms with van der Waals surface area (Å²) in [5.74, 6) is 2.31.